The number of rotatable bonds is 2. The predicted molar refractivity (Wildman–Crippen MR) is 120 cm³/mol. The van der Waals surface area contributed by atoms with Gasteiger partial charge in [-0.25, -0.2) is 0 Å². The van der Waals surface area contributed by atoms with Crippen LogP contribution in [0.4, 0.5) is 5.69 Å². The number of amides is 1. The molecule has 3 nitrogen and oxygen atoms in total. The maximum Gasteiger partial charge on any atom is 0.256 e. The molecule has 0 spiro atoms. The molecule has 0 fully saturated rings. The fourth-order valence-corrected chi connectivity index (χ4v) is 5.64. The van der Waals surface area contributed by atoms with E-state index in [1.165, 1.54) is 23.2 Å². The van der Waals surface area contributed by atoms with Crippen LogP contribution in [0.2, 0.25) is 0 Å². The van der Waals surface area contributed by atoms with Crippen LogP contribution in [-0.4, -0.2) is 10.9 Å². The zero-order chi connectivity index (χ0) is 19.3. The quantitative estimate of drug-likeness (QED) is 0.390. The maximum absolute atomic E-state index is 12.6. The van der Waals surface area contributed by atoms with E-state index in [9.17, 15) is 4.79 Å². The van der Waals surface area contributed by atoms with Gasteiger partial charge < -0.3 is 10.3 Å². The summed E-state index contributed by atoms with van der Waals surface area (Å²) in [5.41, 5.74) is 7.43. The van der Waals surface area contributed by atoms with Gasteiger partial charge in [0.15, 0.2) is 0 Å². The summed E-state index contributed by atoms with van der Waals surface area (Å²) in [5, 5.41) is 2.97. The molecule has 2 N–H and O–H groups in total. The average Bonchev–Trinajstić information content (AvgIpc) is 3.24. The molecular formula is C23H18Br2N2O. The molecule has 5 heteroatoms. The van der Waals surface area contributed by atoms with Gasteiger partial charge >= 0.3 is 0 Å². The first-order chi connectivity index (χ1) is 13.6. The normalized spacial score (nSPS) is 19.4. The Balaban J connectivity index is 1.57. The molecule has 1 amide bonds. The molecule has 28 heavy (non-hydrogen) atoms. The van der Waals surface area contributed by atoms with Gasteiger partial charge in [-0.05, 0) is 70.6 Å². The maximum atomic E-state index is 12.6. The highest BCUT2D eigenvalue weighted by molar-refractivity contribution is 9.11. The van der Waals surface area contributed by atoms with E-state index in [0.29, 0.717) is 11.5 Å². The summed E-state index contributed by atoms with van der Waals surface area (Å²) >= 11 is 7.06. The number of carbonyl (C=O) groups is 1. The molecule has 1 atom stereocenters. The highest BCUT2D eigenvalue weighted by Crippen LogP contribution is 2.41. The van der Waals surface area contributed by atoms with Crippen molar-refractivity contribution in [3.8, 4) is 0 Å². The first-order valence-electron chi connectivity index (χ1n) is 9.39. The highest BCUT2D eigenvalue weighted by Gasteiger charge is 2.28. The van der Waals surface area contributed by atoms with E-state index in [4.69, 9.17) is 0 Å². The van der Waals surface area contributed by atoms with E-state index in [1.807, 2.05) is 18.2 Å². The third kappa shape index (κ3) is 3.07. The zero-order valence-corrected chi connectivity index (χ0v) is 18.2. The second kappa shape index (κ2) is 7.05. The van der Waals surface area contributed by atoms with E-state index < -0.39 is 0 Å². The molecule has 0 bridgehead atoms. The topological polar surface area (TPSA) is 44.9 Å². The van der Waals surface area contributed by atoms with Crippen molar-refractivity contribution in [2.75, 3.05) is 5.32 Å². The van der Waals surface area contributed by atoms with Crippen molar-refractivity contribution in [2.45, 2.75) is 25.2 Å². The van der Waals surface area contributed by atoms with E-state index in [0.717, 1.165) is 38.7 Å². The van der Waals surface area contributed by atoms with Crippen LogP contribution in [0.3, 0.4) is 0 Å². The SMILES string of the molecule is O=C1Nc2c(Br)cc(Br)cc2C1=Cc1cc2c([nH]1)CCCC2c1ccccc1. The first-order valence-corrected chi connectivity index (χ1v) is 11.0. The molecule has 2 aromatic carbocycles. The second-order valence-corrected chi connectivity index (χ2v) is 9.11. The molecule has 1 aromatic heterocycles. The van der Waals surface area contributed by atoms with Crippen molar-refractivity contribution in [1.29, 1.82) is 0 Å². The third-order valence-electron chi connectivity index (χ3n) is 5.58. The minimum atomic E-state index is -0.0685. The summed E-state index contributed by atoms with van der Waals surface area (Å²) in [6, 6.07) is 16.8. The Morgan fingerprint density at radius 3 is 2.71 bits per heavy atom. The van der Waals surface area contributed by atoms with Crippen LogP contribution in [0.1, 0.15) is 46.8 Å². The van der Waals surface area contributed by atoms with Crippen LogP contribution in [0.5, 0.6) is 0 Å². The summed E-state index contributed by atoms with van der Waals surface area (Å²) in [6.45, 7) is 0. The van der Waals surface area contributed by atoms with E-state index in [2.05, 4.69) is 78.6 Å². The Hall–Kier alpha value is -2.11. The standard InChI is InChI=1S/C23H18Br2N2O/c24-14-9-18-19(23(28)27-22(18)20(25)10-14)12-15-11-17-16(7-4-8-21(17)26-15)13-5-2-1-3-6-13/h1-3,5-6,9-12,16,26H,4,7-8H2,(H,27,28). The number of carbonyl (C=O) groups excluding carboxylic acids is 1. The number of hydrogen-bond acceptors (Lipinski definition) is 1. The number of halogens is 2. The predicted octanol–water partition coefficient (Wildman–Crippen LogP) is 6.50. The third-order valence-corrected chi connectivity index (χ3v) is 6.66. The van der Waals surface area contributed by atoms with E-state index >= 15 is 0 Å². The van der Waals surface area contributed by atoms with Crippen LogP contribution in [0, 0.1) is 0 Å². The molecule has 3 aromatic rings. The summed E-state index contributed by atoms with van der Waals surface area (Å²) in [5.74, 6) is 0.349. The molecule has 0 saturated heterocycles. The van der Waals surface area contributed by atoms with Gasteiger partial charge in [0.25, 0.3) is 5.91 Å². The number of aromatic amines is 1. The van der Waals surface area contributed by atoms with Gasteiger partial charge in [0.2, 0.25) is 0 Å². The minimum Gasteiger partial charge on any atom is -0.359 e. The number of aryl methyl sites for hydroxylation is 1. The van der Waals surface area contributed by atoms with Gasteiger partial charge in [-0.1, -0.05) is 46.3 Å². The Kier molecular flexibility index (Phi) is 4.52. The van der Waals surface area contributed by atoms with Crippen molar-refractivity contribution in [1.82, 2.24) is 4.98 Å². The van der Waals surface area contributed by atoms with Crippen molar-refractivity contribution in [2.24, 2.45) is 0 Å². The molecule has 2 aliphatic rings. The lowest BCUT2D eigenvalue weighted by Crippen LogP contribution is -2.09. The van der Waals surface area contributed by atoms with Gasteiger partial charge in [0, 0.05) is 31.8 Å². The number of benzene rings is 2. The Bertz CT molecular complexity index is 1120. The molecule has 0 saturated carbocycles. The monoisotopic (exact) mass is 496 g/mol. The van der Waals surface area contributed by atoms with Gasteiger partial charge in [-0.2, -0.15) is 0 Å². The van der Waals surface area contributed by atoms with Gasteiger partial charge in [0.1, 0.15) is 0 Å². The molecule has 0 radical (unpaired) electrons. The lowest BCUT2D eigenvalue weighted by Gasteiger charge is -2.22. The molecule has 5 rings (SSSR count). The molecular weight excluding hydrogens is 480 g/mol. The lowest BCUT2D eigenvalue weighted by atomic mass is 9.82. The van der Waals surface area contributed by atoms with Crippen LogP contribution in [0.15, 0.2) is 57.5 Å². The smallest absolute Gasteiger partial charge is 0.256 e. The number of anilines is 1. The van der Waals surface area contributed by atoms with Crippen LogP contribution in [-0.2, 0) is 11.2 Å². The van der Waals surface area contributed by atoms with Gasteiger partial charge in [-0.15, -0.1) is 0 Å². The number of nitrogens with one attached hydrogen (secondary N) is 2. The Labute approximate surface area is 180 Å². The summed E-state index contributed by atoms with van der Waals surface area (Å²) in [7, 11) is 0. The molecule has 1 unspecified atom stereocenters. The second-order valence-electron chi connectivity index (χ2n) is 7.34. The number of fused-ring (bicyclic) bond motifs is 2. The first kappa shape index (κ1) is 18.0. The van der Waals surface area contributed by atoms with Crippen molar-refractivity contribution in [3.05, 3.63) is 85.6 Å². The van der Waals surface area contributed by atoms with Gasteiger partial charge in [-0.3, -0.25) is 4.79 Å². The van der Waals surface area contributed by atoms with Gasteiger partial charge in [0.05, 0.1) is 11.3 Å². The fourth-order valence-electron chi connectivity index (χ4n) is 4.32. The lowest BCUT2D eigenvalue weighted by molar-refractivity contribution is -0.110. The van der Waals surface area contributed by atoms with Crippen molar-refractivity contribution >= 4 is 55.1 Å². The Morgan fingerprint density at radius 1 is 1.07 bits per heavy atom. The summed E-state index contributed by atoms with van der Waals surface area (Å²) in [6.07, 6.45) is 5.36. The van der Waals surface area contributed by atoms with Crippen molar-refractivity contribution in [3.63, 3.8) is 0 Å². The molecule has 1 aliphatic carbocycles. The molecule has 1 aliphatic heterocycles. The fraction of sp³-hybridized carbons (Fsp3) is 0.174. The van der Waals surface area contributed by atoms with E-state index in [1.54, 1.807) is 0 Å². The van der Waals surface area contributed by atoms with Crippen LogP contribution < -0.4 is 5.32 Å². The van der Waals surface area contributed by atoms with E-state index in [-0.39, 0.29) is 5.91 Å². The summed E-state index contributed by atoms with van der Waals surface area (Å²) in [4.78, 5) is 16.2. The van der Waals surface area contributed by atoms with Crippen LogP contribution >= 0.6 is 31.9 Å². The highest BCUT2D eigenvalue weighted by atomic mass is 79.9. The average molecular weight is 498 g/mol. The minimum absolute atomic E-state index is 0.0685. The van der Waals surface area contributed by atoms with Crippen LogP contribution in [0.25, 0.3) is 11.6 Å². The largest absolute Gasteiger partial charge is 0.359 e. The number of H-pyrrole nitrogens is 1. The number of aromatic nitrogens is 1. The molecule has 2 heterocycles. The molecule has 140 valence electrons. The zero-order valence-electron chi connectivity index (χ0n) is 15.1. The van der Waals surface area contributed by atoms with Crippen molar-refractivity contribution < 1.29 is 4.79 Å². The summed E-state index contributed by atoms with van der Waals surface area (Å²) < 4.78 is 1.82. The Morgan fingerprint density at radius 2 is 1.89 bits per heavy atom. The number of hydrogen-bond donors (Lipinski definition) is 2.